The zero-order valence-corrected chi connectivity index (χ0v) is 42.6. The first-order valence-corrected chi connectivity index (χ1v) is 26.4. The molecule has 1 unspecified atom stereocenters. The van der Waals surface area contributed by atoms with E-state index in [1.165, 1.54) is 11.1 Å². The van der Waals surface area contributed by atoms with E-state index in [0.717, 1.165) is 95.7 Å². The van der Waals surface area contributed by atoms with Crippen LogP contribution >= 0.6 is 0 Å². The monoisotopic (exact) mass is 998 g/mol. The molecular formula is C72H50N6. The van der Waals surface area contributed by atoms with E-state index in [1.807, 2.05) is 24.3 Å². The molecule has 12 aromatic rings. The van der Waals surface area contributed by atoms with Crippen molar-refractivity contribution < 1.29 is 0 Å². The van der Waals surface area contributed by atoms with Crippen LogP contribution in [0.5, 0.6) is 0 Å². The summed E-state index contributed by atoms with van der Waals surface area (Å²) in [4.78, 5) is 30.7. The Labute approximate surface area is 454 Å². The van der Waals surface area contributed by atoms with Gasteiger partial charge in [-0.05, 0) is 73.2 Å². The predicted molar refractivity (Wildman–Crippen MR) is 318 cm³/mol. The number of benzene rings is 10. The second-order valence-corrected chi connectivity index (χ2v) is 19.4. The summed E-state index contributed by atoms with van der Waals surface area (Å²) in [6.07, 6.45) is 7.52. The van der Waals surface area contributed by atoms with Gasteiger partial charge in [-0.15, -0.1) is 0 Å². The van der Waals surface area contributed by atoms with Crippen molar-refractivity contribution >= 4 is 5.57 Å². The van der Waals surface area contributed by atoms with Gasteiger partial charge in [0.1, 0.15) is 5.82 Å². The Kier molecular flexibility index (Phi) is 13.1. The van der Waals surface area contributed by atoms with Crippen LogP contribution in [0.15, 0.2) is 285 Å². The normalized spacial score (nSPS) is 13.0. The highest BCUT2D eigenvalue weighted by atomic mass is 15.0. The van der Waals surface area contributed by atoms with E-state index in [2.05, 4.69) is 261 Å². The standard InChI is InChI=1S/C72H50N6/c1-5-15-49(16-6-1)53-25-37-59(38-26-53)67-73-68(60-39-27-54(28-40-60)50-17-7-2-8-18-50)76-71(75-67)63-45-33-57(34-46-63)65-23-13-14-24-66(65)58-35-47-64(48-36-58)72-77-69(61-41-29-55(30-42-61)51-19-9-3-10-20-51)74-70(78-72)62-43-31-56(32-44-62)52-21-11-4-12-22-52/h1-47,64H,48H2. The molecule has 0 saturated carbocycles. The predicted octanol–water partition coefficient (Wildman–Crippen LogP) is 17.9. The molecule has 78 heavy (non-hydrogen) atoms. The molecule has 0 amide bonds. The third-order valence-corrected chi connectivity index (χ3v) is 14.4. The molecule has 0 bridgehead atoms. The van der Waals surface area contributed by atoms with Gasteiger partial charge in [0.25, 0.3) is 0 Å². The van der Waals surface area contributed by atoms with Crippen LogP contribution in [0.25, 0.3) is 118 Å². The van der Waals surface area contributed by atoms with Crippen molar-refractivity contribution in [2.24, 2.45) is 0 Å². The smallest absolute Gasteiger partial charge is 0.164 e. The van der Waals surface area contributed by atoms with Crippen LogP contribution in [0, 0.1) is 0 Å². The number of hydrogen-bond acceptors (Lipinski definition) is 6. The molecule has 0 N–H and O–H groups in total. The first-order valence-electron chi connectivity index (χ1n) is 26.4. The van der Waals surface area contributed by atoms with E-state index in [-0.39, 0.29) is 5.92 Å². The Morgan fingerprint density at radius 3 is 0.795 bits per heavy atom. The molecule has 1 aliphatic carbocycles. The lowest BCUT2D eigenvalue weighted by atomic mass is 9.88. The van der Waals surface area contributed by atoms with Crippen molar-refractivity contribution in [1.29, 1.82) is 0 Å². The lowest BCUT2D eigenvalue weighted by Crippen LogP contribution is -2.08. The molecule has 2 heterocycles. The molecule has 13 rings (SSSR count). The fourth-order valence-corrected chi connectivity index (χ4v) is 10.1. The Morgan fingerprint density at radius 1 is 0.231 bits per heavy atom. The summed E-state index contributed by atoms with van der Waals surface area (Å²) in [6.45, 7) is 0. The number of rotatable bonds is 12. The molecule has 6 nitrogen and oxygen atoms in total. The van der Waals surface area contributed by atoms with Gasteiger partial charge in [-0.2, -0.15) is 0 Å². The van der Waals surface area contributed by atoms with Gasteiger partial charge in [0, 0.05) is 33.7 Å². The molecule has 368 valence electrons. The van der Waals surface area contributed by atoms with Crippen LogP contribution in [0.2, 0.25) is 0 Å². The second-order valence-electron chi connectivity index (χ2n) is 19.4. The van der Waals surface area contributed by atoms with Gasteiger partial charge in [0.2, 0.25) is 0 Å². The molecule has 10 aromatic carbocycles. The van der Waals surface area contributed by atoms with Crippen molar-refractivity contribution in [2.75, 3.05) is 0 Å². The van der Waals surface area contributed by atoms with Gasteiger partial charge in [0.15, 0.2) is 29.1 Å². The lowest BCUT2D eigenvalue weighted by Gasteiger charge is -2.19. The van der Waals surface area contributed by atoms with Gasteiger partial charge in [0.05, 0.1) is 0 Å². The van der Waals surface area contributed by atoms with Crippen molar-refractivity contribution in [3.8, 4) is 113 Å². The quantitative estimate of drug-likeness (QED) is 0.121. The minimum absolute atomic E-state index is 0.0494. The molecular weight excluding hydrogens is 949 g/mol. The third kappa shape index (κ3) is 10.1. The minimum atomic E-state index is -0.0494. The van der Waals surface area contributed by atoms with Crippen LogP contribution in [-0.2, 0) is 0 Å². The highest BCUT2D eigenvalue weighted by molar-refractivity contribution is 5.87. The largest absolute Gasteiger partial charge is 0.212 e. The first-order chi connectivity index (χ1) is 38.6. The van der Waals surface area contributed by atoms with E-state index < -0.39 is 0 Å². The summed E-state index contributed by atoms with van der Waals surface area (Å²) >= 11 is 0. The summed E-state index contributed by atoms with van der Waals surface area (Å²) in [6, 6.07) is 92.7. The van der Waals surface area contributed by atoms with E-state index in [1.54, 1.807) is 0 Å². The van der Waals surface area contributed by atoms with Crippen LogP contribution in [-0.4, -0.2) is 29.9 Å². The summed E-state index contributed by atoms with van der Waals surface area (Å²) in [7, 11) is 0. The number of aromatic nitrogens is 6. The number of hydrogen-bond donors (Lipinski definition) is 0. The second kappa shape index (κ2) is 21.5. The van der Waals surface area contributed by atoms with Gasteiger partial charge >= 0.3 is 0 Å². The zero-order chi connectivity index (χ0) is 52.0. The molecule has 6 heteroatoms. The van der Waals surface area contributed by atoms with Crippen LogP contribution < -0.4 is 0 Å². The van der Waals surface area contributed by atoms with E-state index in [4.69, 9.17) is 29.9 Å². The fourth-order valence-electron chi connectivity index (χ4n) is 10.1. The zero-order valence-electron chi connectivity index (χ0n) is 42.6. The van der Waals surface area contributed by atoms with Crippen LogP contribution in [0.4, 0.5) is 0 Å². The Morgan fingerprint density at radius 2 is 0.487 bits per heavy atom. The van der Waals surface area contributed by atoms with Crippen molar-refractivity contribution in [3.05, 3.63) is 297 Å². The van der Waals surface area contributed by atoms with Crippen LogP contribution in [0.1, 0.15) is 23.7 Å². The SMILES string of the molecule is C1=CC(c2nc(-c3ccc(-c4ccccc4)cc3)nc(-c3ccc(-c4ccccc4)cc3)n2)CC=C1c1ccccc1-c1ccc(-c2nc(-c3ccc(-c4ccccc4)cc3)nc(-c3ccc(-c4ccccc4)cc3)n2)cc1. The fraction of sp³-hybridized carbons (Fsp3) is 0.0278. The van der Waals surface area contributed by atoms with Crippen molar-refractivity contribution in [1.82, 2.24) is 29.9 Å². The maximum Gasteiger partial charge on any atom is 0.164 e. The van der Waals surface area contributed by atoms with Crippen LogP contribution in [0.3, 0.4) is 0 Å². The number of nitrogens with zero attached hydrogens (tertiary/aromatic N) is 6. The summed E-state index contributed by atoms with van der Waals surface area (Å²) < 4.78 is 0. The van der Waals surface area contributed by atoms with E-state index in [9.17, 15) is 0 Å². The molecule has 0 radical (unpaired) electrons. The highest BCUT2D eigenvalue weighted by Crippen LogP contribution is 2.37. The number of allylic oxidation sites excluding steroid dienone is 4. The molecule has 1 aliphatic rings. The Hall–Kier alpha value is -10.3. The maximum absolute atomic E-state index is 5.17. The Bertz CT molecular complexity index is 3880. The molecule has 2 aromatic heterocycles. The molecule has 0 saturated heterocycles. The van der Waals surface area contributed by atoms with E-state index >= 15 is 0 Å². The summed E-state index contributed by atoms with van der Waals surface area (Å²) in [5, 5.41) is 0. The van der Waals surface area contributed by atoms with E-state index in [0.29, 0.717) is 29.1 Å². The van der Waals surface area contributed by atoms with Gasteiger partial charge in [-0.3, -0.25) is 0 Å². The van der Waals surface area contributed by atoms with Gasteiger partial charge in [-0.25, -0.2) is 29.9 Å². The molecule has 0 aliphatic heterocycles. The lowest BCUT2D eigenvalue weighted by molar-refractivity contribution is 0.766. The molecule has 1 atom stereocenters. The van der Waals surface area contributed by atoms with Gasteiger partial charge in [-0.1, -0.05) is 285 Å². The summed E-state index contributed by atoms with van der Waals surface area (Å²) in [5.74, 6) is 3.83. The minimum Gasteiger partial charge on any atom is -0.212 e. The highest BCUT2D eigenvalue weighted by Gasteiger charge is 2.21. The average Bonchev–Trinajstić information content (AvgIpc) is 3.63. The topological polar surface area (TPSA) is 77.3 Å². The Balaban J connectivity index is 0.793. The third-order valence-electron chi connectivity index (χ3n) is 14.4. The van der Waals surface area contributed by atoms with Gasteiger partial charge < -0.3 is 0 Å². The molecule has 0 fully saturated rings. The summed E-state index contributed by atoms with van der Waals surface area (Å²) in [5.41, 5.74) is 18.3. The van der Waals surface area contributed by atoms with Crippen molar-refractivity contribution in [2.45, 2.75) is 12.3 Å². The molecule has 0 spiro atoms. The maximum atomic E-state index is 5.17. The van der Waals surface area contributed by atoms with Crippen molar-refractivity contribution in [3.63, 3.8) is 0 Å². The average molecular weight is 999 g/mol. The first kappa shape index (κ1) is 47.4.